The van der Waals surface area contributed by atoms with Gasteiger partial charge in [-0.15, -0.1) is 0 Å². The van der Waals surface area contributed by atoms with Crippen LogP contribution in [0.1, 0.15) is 142 Å². The molecule has 0 bridgehead atoms. The Morgan fingerprint density at radius 2 is 0.783 bits per heavy atom. The van der Waals surface area contributed by atoms with Crippen molar-refractivity contribution in [3.8, 4) is 0 Å². The zero-order valence-corrected chi connectivity index (χ0v) is 43.3. The Bertz CT molecular complexity index is 1680. The Labute approximate surface area is 419 Å². The lowest BCUT2D eigenvalue weighted by Gasteiger charge is -2.26. The molecule has 9 heteroatoms. The van der Waals surface area contributed by atoms with Crippen LogP contribution in [0.2, 0.25) is 0 Å². The lowest BCUT2D eigenvalue weighted by Crippen LogP contribution is -2.44. The molecule has 0 aromatic carbocycles. The quantitative estimate of drug-likeness (QED) is 0.0195. The first-order valence-corrected chi connectivity index (χ1v) is 25.6. The van der Waals surface area contributed by atoms with Gasteiger partial charge in [-0.2, -0.15) is 0 Å². The van der Waals surface area contributed by atoms with Gasteiger partial charge in [0.1, 0.15) is 13.2 Å². The van der Waals surface area contributed by atoms with Gasteiger partial charge in [0.2, 0.25) is 0 Å². The van der Waals surface area contributed by atoms with Crippen LogP contribution in [0.25, 0.3) is 0 Å². The minimum absolute atomic E-state index is 0.119. The van der Waals surface area contributed by atoms with Crippen molar-refractivity contribution in [1.29, 1.82) is 0 Å². The van der Waals surface area contributed by atoms with Gasteiger partial charge in [0, 0.05) is 12.8 Å². The van der Waals surface area contributed by atoms with E-state index in [1.54, 1.807) is 0 Å². The molecule has 2 atom stereocenters. The van der Waals surface area contributed by atoms with Crippen LogP contribution in [-0.4, -0.2) is 82.3 Å². The number of unbranched alkanes of at least 4 members (excludes halogenated alkanes) is 3. The number of quaternary nitrogens is 1. The third kappa shape index (κ3) is 50.6. The first kappa shape index (κ1) is 63.9. The summed E-state index contributed by atoms with van der Waals surface area (Å²) in [5.74, 6) is -2.45. The van der Waals surface area contributed by atoms with Gasteiger partial charge >= 0.3 is 11.9 Å². The Morgan fingerprint density at radius 1 is 0.435 bits per heavy atom. The van der Waals surface area contributed by atoms with E-state index in [0.29, 0.717) is 30.3 Å². The Kier molecular flexibility index (Phi) is 45.7. The normalized spacial score (nSPS) is 14.2. The molecule has 0 fully saturated rings. The zero-order chi connectivity index (χ0) is 50.6. The topological polar surface area (TPSA) is 111 Å². The first-order valence-electron chi connectivity index (χ1n) is 25.6. The third-order valence-corrected chi connectivity index (χ3v) is 9.77. The summed E-state index contributed by atoms with van der Waals surface area (Å²) >= 11 is 0. The number of hydrogen-bond donors (Lipinski definition) is 0. The lowest BCUT2D eigenvalue weighted by atomic mass is 10.2. The molecule has 0 aromatic rings. The molecular formula is C60H91NO8. The molecule has 0 saturated heterocycles. The predicted molar refractivity (Wildman–Crippen MR) is 287 cm³/mol. The molecule has 0 aromatic heterocycles. The van der Waals surface area contributed by atoms with Crippen molar-refractivity contribution in [3.05, 3.63) is 158 Å². The van der Waals surface area contributed by atoms with E-state index in [1.165, 1.54) is 0 Å². The maximum absolute atomic E-state index is 12.8. The van der Waals surface area contributed by atoms with Crippen molar-refractivity contribution >= 4 is 17.9 Å². The Morgan fingerprint density at radius 3 is 1.14 bits per heavy atom. The second-order valence-corrected chi connectivity index (χ2v) is 17.3. The highest BCUT2D eigenvalue weighted by atomic mass is 16.7. The standard InChI is InChI=1S/C60H91NO8/c1-6-8-10-12-14-16-18-20-22-24-26-28-29-31-33-35-37-39-41-43-45-47-49-51-58(63)69-56(55-68-60(59(64)65)66-53-52-61(3,4)5)54-67-57(62)50-48-46-44-42-40-38-36-34-32-30-27-25-23-21-19-17-15-13-11-9-7-2/h8-11,14-17,20-23,26-28,30-31,33-34,36-37,39-40,42-43,45,56,60H,6-7,12-13,18-19,24-25,29,32,35,38,41,44,46-55H2,1-5H3/b10-8-,11-9-,16-14-,17-15-,22-20-,23-21-,28-26-,30-27-,33-31-,36-34-,39-37-,42-40-,45-43-. The summed E-state index contributed by atoms with van der Waals surface area (Å²) in [7, 11) is 5.86. The average Bonchev–Trinajstić information content (AvgIpc) is 3.31. The highest BCUT2D eigenvalue weighted by molar-refractivity contribution is 5.70. The number of allylic oxidation sites excluding steroid dienone is 26. The first-order chi connectivity index (χ1) is 33.6. The number of ether oxygens (including phenoxy) is 4. The predicted octanol–water partition coefficient (Wildman–Crippen LogP) is 13.3. The number of carbonyl (C=O) groups excluding carboxylic acids is 3. The molecule has 0 N–H and O–H groups in total. The number of carbonyl (C=O) groups is 3. The molecular weight excluding hydrogens is 863 g/mol. The number of carboxylic acids is 1. The van der Waals surface area contributed by atoms with Gasteiger partial charge in [-0.3, -0.25) is 9.59 Å². The fraction of sp³-hybridized carbons (Fsp3) is 0.517. The number of likely N-dealkylation sites (N-methyl/N-ethyl adjacent to an activating group) is 1. The molecule has 9 nitrogen and oxygen atoms in total. The number of nitrogens with zero attached hydrogens (tertiary/aromatic N) is 1. The summed E-state index contributed by atoms with van der Waals surface area (Å²) in [5.41, 5.74) is 0. The van der Waals surface area contributed by atoms with Crippen LogP contribution in [0.3, 0.4) is 0 Å². The SMILES string of the molecule is CC/C=C\C/C=C\C/C=C\C/C=C\C/C=C\C/C=C\C/C=C\CCCC(=O)OC(COC(=O)CCCC/C=C\C/C=C\C/C=C\C/C=C\C/C=C\C/C=C\CC)COC(OCC[N+](C)(C)C)C(=O)[O-]. The van der Waals surface area contributed by atoms with Crippen molar-refractivity contribution in [3.63, 3.8) is 0 Å². The van der Waals surface area contributed by atoms with Gasteiger partial charge in [0.25, 0.3) is 0 Å². The largest absolute Gasteiger partial charge is 0.545 e. The van der Waals surface area contributed by atoms with Gasteiger partial charge in [-0.1, -0.05) is 172 Å². The van der Waals surface area contributed by atoms with Gasteiger partial charge in [-0.25, -0.2) is 0 Å². The number of hydrogen-bond acceptors (Lipinski definition) is 8. The van der Waals surface area contributed by atoms with E-state index >= 15 is 0 Å². The molecule has 0 aliphatic heterocycles. The molecule has 0 heterocycles. The highest BCUT2D eigenvalue weighted by Gasteiger charge is 2.21. The van der Waals surface area contributed by atoms with Crippen LogP contribution < -0.4 is 5.11 Å². The molecule has 69 heavy (non-hydrogen) atoms. The second-order valence-electron chi connectivity index (χ2n) is 17.3. The van der Waals surface area contributed by atoms with E-state index in [4.69, 9.17) is 18.9 Å². The molecule has 0 rings (SSSR count). The number of esters is 2. The van der Waals surface area contributed by atoms with Crippen LogP contribution in [-0.2, 0) is 33.3 Å². The third-order valence-electron chi connectivity index (χ3n) is 9.77. The van der Waals surface area contributed by atoms with Crippen LogP contribution in [0.15, 0.2) is 158 Å². The van der Waals surface area contributed by atoms with Crippen molar-refractivity contribution in [2.45, 2.75) is 155 Å². The van der Waals surface area contributed by atoms with Crippen molar-refractivity contribution in [2.24, 2.45) is 0 Å². The van der Waals surface area contributed by atoms with Gasteiger partial charge in [-0.05, 0) is 116 Å². The molecule has 0 saturated carbocycles. The Balaban J connectivity index is 4.58. The molecule has 0 spiro atoms. The molecule has 0 radical (unpaired) electrons. The second kappa shape index (κ2) is 49.3. The summed E-state index contributed by atoms with van der Waals surface area (Å²) in [6.07, 6.45) is 70.0. The van der Waals surface area contributed by atoms with E-state index < -0.39 is 30.3 Å². The van der Waals surface area contributed by atoms with Gasteiger partial charge in [0.15, 0.2) is 12.4 Å². The minimum Gasteiger partial charge on any atom is -0.545 e. The zero-order valence-electron chi connectivity index (χ0n) is 43.3. The maximum atomic E-state index is 12.8. The van der Waals surface area contributed by atoms with Crippen molar-refractivity contribution in [2.75, 3.05) is 47.5 Å². The molecule has 2 unspecified atom stereocenters. The van der Waals surface area contributed by atoms with Crippen LogP contribution in [0, 0.1) is 0 Å². The molecule has 384 valence electrons. The van der Waals surface area contributed by atoms with E-state index in [2.05, 4.69) is 166 Å². The number of rotatable bonds is 44. The highest BCUT2D eigenvalue weighted by Crippen LogP contribution is 2.09. The van der Waals surface area contributed by atoms with E-state index in [-0.39, 0.29) is 32.7 Å². The monoisotopic (exact) mass is 954 g/mol. The smallest absolute Gasteiger partial charge is 0.306 e. The Hall–Kier alpha value is -5.09. The molecule has 0 aliphatic rings. The summed E-state index contributed by atoms with van der Waals surface area (Å²) in [6, 6.07) is 0. The summed E-state index contributed by atoms with van der Waals surface area (Å²) in [4.78, 5) is 37.1. The van der Waals surface area contributed by atoms with E-state index in [1.807, 2.05) is 27.2 Å². The van der Waals surface area contributed by atoms with Crippen LogP contribution >= 0.6 is 0 Å². The fourth-order valence-electron chi connectivity index (χ4n) is 5.88. The van der Waals surface area contributed by atoms with Crippen LogP contribution in [0.5, 0.6) is 0 Å². The van der Waals surface area contributed by atoms with Gasteiger partial charge < -0.3 is 33.3 Å². The summed E-state index contributed by atoms with van der Waals surface area (Å²) in [6.45, 7) is 4.35. The summed E-state index contributed by atoms with van der Waals surface area (Å²) in [5, 5.41) is 11.7. The molecule has 0 aliphatic carbocycles. The maximum Gasteiger partial charge on any atom is 0.306 e. The number of aliphatic carboxylic acids is 1. The lowest BCUT2D eigenvalue weighted by molar-refractivity contribution is -0.870. The fourth-order valence-corrected chi connectivity index (χ4v) is 5.88. The van der Waals surface area contributed by atoms with E-state index in [9.17, 15) is 19.5 Å². The van der Waals surface area contributed by atoms with Crippen LogP contribution in [0.4, 0.5) is 0 Å². The minimum atomic E-state index is -1.66. The summed E-state index contributed by atoms with van der Waals surface area (Å²) < 4.78 is 22.5. The van der Waals surface area contributed by atoms with E-state index in [0.717, 1.165) is 96.3 Å². The number of carboxylic acid groups (broad SMARTS) is 1. The van der Waals surface area contributed by atoms with Crippen molar-refractivity contribution < 1.29 is 42.9 Å². The molecule has 0 amide bonds. The average molecular weight is 954 g/mol. The van der Waals surface area contributed by atoms with Gasteiger partial charge in [0.05, 0.1) is 40.3 Å². The van der Waals surface area contributed by atoms with Crippen molar-refractivity contribution in [1.82, 2.24) is 0 Å².